The van der Waals surface area contributed by atoms with Gasteiger partial charge in [0.15, 0.2) is 0 Å². The zero-order valence-electron chi connectivity index (χ0n) is 13.6. The van der Waals surface area contributed by atoms with E-state index in [4.69, 9.17) is 0 Å². The Morgan fingerprint density at radius 2 is 1.78 bits per heavy atom. The lowest BCUT2D eigenvalue weighted by Crippen LogP contribution is -2.46. The first-order chi connectivity index (χ1) is 10.7. The van der Waals surface area contributed by atoms with Gasteiger partial charge in [-0.15, -0.1) is 0 Å². The molecule has 126 valence electrons. The quantitative estimate of drug-likeness (QED) is 0.898. The van der Waals surface area contributed by atoms with Crippen LogP contribution in [0.15, 0.2) is 18.2 Å². The van der Waals surface area contributed by atoms with Crippen molar-refractivity contribution in [2.75, 3.05) is 19.3 Å². The number of carbonyl (C=O) groups is 2. The lowest BCUT2D eigenvalue weighted by Gasteiger charge is -2.32. The van der Waals surface area contributed by atoms with Crippen molar-refractivity contribution in [3.05, 3.63) is 34.9 Å². The van der Waals surface area contributed by atoms with Crippen molar-refractivity contribution in [1.29, 1.82) is 0 Å². The topological polar surface area (TPSA) is 83.6 Å². The normalized spacial score (nSPS) is 18.6. The Kier molecular flexibility index (Phi) is 5.09. The second-order valence-corrected chi connectivity index (χ2v) is 7.95. The van der Waals surface area contributed by atoms with E-state index in [0.29, 0.717) is 24.9 Å². The van der Waals surface area contributed by atoms with Gasteiger partial charge in [-0.05, 0) is 38.8 Å². The highest BCUT2D eigenvalue weighted by Crippen LogP contribution is 2.20. The molecule has 1 aromatic carbocycles. The minimum Gasteiger partial charge on any atom is -0.338 e. The van der Waals surface area contributed by atoms with Crippen LogP contribution in [0.4, 0.5) is 0 Å². The van der Waals surface area contributed by atoms with Gasteiger partial charge in [-0.2, -0.15) is 0 Å². The molecule has 1 N–H and O–H groups in total. The van der Waals surface area contributed by atoms with E-state index in [-0.39, 0.29) is 12.5 Å². The largest absolute Gasteiger partial charge is 0.338 e. The molecule has 0 aliphatic carbocycles. The number of hydrogen-bond acceptors (Lipinski definition) is 4. The van der Waals surface area contributed by atoms with Crippen LogP contribution in [-0.4, -0.2) is 44.5 Å². The van der Waals surface area contributed by atoms with Crippen LogP contribution in [0.25, 0.3) is 0 Å². The highest BCUT2D eigenvalue weighted by Gasteiger charge is 2.30. The van der Waals surface area contributed by atoms with Gasteiger partial charge in [-0.25, -0.2) is 8.42 Å². The minimum atomic E-state index is -3.58. The molecule has 6 nitrogen and oxygen atoms in total. The Hall–Kier alpha value is -1.89. The smallest absolute Gasteiger partial charge is 0.253 e. The van der Waals surface area contributed by atoms with Gasteiger partial charge >= 0.3 is 0 Å². The molecule has 0 saturated carbocycles. The van der Waals surface area contributed by atoms with Gasteiger partial charge in [-0.3, -0.25) is 14.3 Å². The maximum absolute atomic E-state index is 12.6. The molecule has 0 spiro atoms. The van der Waals surface area contributed by atoms with Gasteiger partial charge in [0.25, 0.3) is 5.91 Å². The Bertz CT molecular complexity index is 707. The second-order valence-electron chi connectivity index (χ2n) is 6.21. The molecule has 23 heavy (non-hydrogen) atoms. The third-order valence-electron chi connectivity index (χ3n) is 3.83. The SMILES string of the molecule is Cc1cc(C)cc(C(=O)N2CCCC(C(=O)NS(C)(=O)=O)C2)c1. The van der Waals surface area contributed by atoms with E-state index in [2.05, 4.69) is 0 Å². The Morgan fingerprint density at radius 1 is 1.17 bits per heavy atom. The van der Waals surface area contributed by atoms with Crippen molar-refractivity contribution >= 4 is 21.8 Å². The van der Waals surface area contributed by atoms with Gasteiger partial charge in [0, 0.05) is 18.7 Å². The molecule has 2 rings (SSSR count). The van der Waals surface area contributed by atoms with E-state index in [1.807, 2.05) is 36.8 Å². The van der Waals surface area contributed by atoms with Crippen molar-refractivity contribution in [3.8, 4) is 0 Å². The summed E-state index contributed by atoms with van der Waals surface area (Å²) in [7, 11) is -3.58. The average Bonchev–Trinajstić information content (AvgIpc) is 2.44. The maximum atomic E-state index is 12.6. The molecule has 1 atom stereocenters. The van der Waals surface area contributed by atoms with E-state index in [0.717, 1.165) is 17.4 Å². The monoisotopic (exact) mass is 338 g/mol. The van der Waals surface area contributed by atoms with Crippen molar-refractivity contribution < 1.29 is 18.0 Å². The predicted molar refractivity (Wildman–Crippen MR) is 87.5 cm³/mol. The number of nitrogens with one attached hydrogen (secondary N) is 1. The summed E-state index contributed by atoms with van der Waals surface area (Å²) in [4.78, 5) is 26.3. The molecule has 1 aromatic rings. The molecular weight excluding hydrogens is 316 g/mol. The number of sulfonamides is 1. The first-order valence-corrected chi connectivity index (χ1v) is 9.44. The Morgan fingerprint density at radius 3 is 2.35 bits per heavy atom. The number of rotatable bonds is 3. The number of carbonyl (C=O) groups excluding carboxylic acids is 2. The van der Waals surface area contributed by atoms with Gasteiger partial charge in [-0.1, -0.05) is 17.2 Å². The molecule has 0 aromatic heterocycles. The van der Waals surface area contributed by atoms with Crippen LogP contribution < -0.4 is 4.72 Å². The molecule has 1 fully saturated rings. The molecular formula is C16H22N2O4S. The van der Waals surface area contributed by atoms with Crippen LogP contribution in [0.2, 0.25) is 0 Å². The molecule has 1 aliphatic rings. The lowest BCUT2D eigenvalue weighted by atomic mass is 9.96. The standard InChI is InChI=1S/C16H22N2O4S/c1-11-7-12(2)9-14(8-11)16(20)18-6-4-5-13(10-18)15(19)17-23(3,21)22/h7-9,13H,4-6,10H2,1-3H3,(H,17,19). The molecule has 1 unspecified atom stereocenters. The van der Waals surface area contributed by atoms with E-state index < -0.39 is 21.8 Å². The summed E-state index contributed by atoms with van der Waals surface area (Å²) < 4.78 is 24.4. The van der Waals surface area contributed by atoms with Crippen LogP contribution in [-0.2, 0) is 14.8 Å². The van der Waals surface area contributed by atoms with Gasteiger partial charge in [0.2, 0.25) is 15.9 Å². The molecule has 1 aliphatic heterocycles. The molecule has 0 radical (unpaired) electrons. The maximum Gasteiger partial charge on any atom is 0.253 e. The van der Waals surface area contributed by atoms with Crippen molar-refractivity contribution in [2.24, 2.45) is 5.92 Å². The number of nitrogens with zero attached hydrogens (tertiary/aromatic N) is 1. The molecule has 1 heterocycles. The van der Waals surface area contributed by atoms with Crippen LogP contribution in [0.5, 0.6) is 0 Å². The minimum absolute atomic E-state index is 0.117. The zero-order valence-corrected chi connectivity index (χ0v) is 14.4. The van der Waals surface area contributed by atoms with Gasteiger partial charge in [0.1, 0.15) is 0 Å². The van der Waals surface area contributed by atoms with E-state index in [1.165, 1.54) is 0 Å². The van der Waals surface area contributed by atoms with Crippen LogP contribution >= 0.6 is 0 Å². The summed E-state index contributed by atoms with van der Waals surface area (Å²) in [5.74, 6) is -1.15. The Labute approximate surface area is 136 Å². The van der Waals surface area contributed by atoms with Crippen LogP contribution in [0.3, 0.4) is 0 Å². The van der Waals surface area contributed by atoms with Gasteiger partial charge < -0.3 is 4.90 Å². The Balaban J connectivity index is 2.11. The first kappa shape index (κ1) is 17.5. The van der Waals surface area contributed by atoms with Crippen LogP contribution in [0, 0.1) is 19.8 Å². The first-order valence-electron chi connectivity index (χ1n) is 7.55. The lowest BCUT2D eigenvalue weighted by molar-refractivity contribution is -0.124. The average molecular weight is 338 g/mol. The summed E-state index contributed by atoms with van der Waals surface area (Å²) in [6, 6.07) is 5.65. The number of amides is 2. The number of benzene rings is 1. The van der Waals surface area contributed by atoms with Crippen LogP contribution in [0.1, 0.15) is 34.3 Å². The third kappa shape index (κ3) is 4.79. The number of aryl methyl sites for hydroxylation is 2. The molecule has 2 amide bonds. The summed E-state index contributed by atoms with van der Waals surface area (Å²) in [6.07, 6.45) is 2.21. The molecule has 1 saturated heterocycles. The summed E-state index contributed by atoms with van der Waals surface area (Å²) in [6.45, 7) is 4.69. The van der Waals surface area contributed by atoms with E-state index in [9.17, 15) is 18.0 Å². The summed E-state index contributed by atoms with van der Waals surface area (Å²) in [5, 5.41) is 0. The number of likely N-dealkylation sites (tertiary alicyclic amines) is 1. The molecule has 0 bridgehead atoms. The van der Waals surface area contributed by atoms with Crippen molar-refractivity contribution in [2.45, 2.75) is 26.7 Å². The van der Waals surface area contributed by atoms with Crippen molar-refractivity contribution in [1.82, 2.24) is 9.62 Å². The number of piperidine rings is 1. The predicted octanol–water partition coefficient (Wildman–Crippen LogP) is 1.23. The summed E-state index contributed by atoms with van der Waals surface area (Å²) >= 11 is 0. The third-order valence-corrected chi connectivity index (χ3v) is 4.41. The fourth-order valence-corrected chi connectivity index (χ4v) is 3.45. The fraction of sp³-hybridized carbons (Fsp3) is 0.500. The zero-order chi connectivity index (χ0) is 17.2. The fourth-order valence-electron chi connectivity index (χ4n) is 2.92. The molecule has 7 heteroatoms. The van der Waals surface area contributed by atoms with E-state index in [1.54, 1.807) is 4.90 Å². The highest BCUT2D eigenvalue weighted by atomic mass is 32.2. The second kappa shape index (κ2) is 6.70. The number of hydrogen-bond donors (Lipinski definition) is 1. The van der Waals surface area contributed by atoms with E-state index >= 15 is 0 Å². The van der Waals surface area contributed by atoms with Gasteiger partial charge in [0.05, 0.1) is 12.2 Å². The summed E-state index contributed by atoms with van der Waals surface area (Å²) in [5.41, 5.74) is 2.63. The van der Waals surface area contributed by atoms with Crippen molar-refractivity contribution in [3.63, 3.8) is 0 Å². The highest BCUT2D eigenvalue weighted by molar-refractivity contribution is 7.89.